The second-order valence-corrected chi connectivity index (χ2v) is 3.89. The summed E-state index contributed by atoms with van der Waals surface area (Å²) in [4.78, 5) is 11.4. The van der Waals surface area contributed by atoms with Gasteiger partial charge in [-0.15, -0.1) is 0 Å². The van der Waals surface area contributed by atoms with Gasteiger partial charge in [-0.1, -0.05) is 46.9 Å². The molecule has 0 radical (unpaired) electrons. The lowest BCUT2D eigenvalue weighted by molar-refractivity contribution is -0.116. The molecule has 80 valence electrons. The van der Waals surface area contributed by atoms with Gasteiger partial charge in [-0.3, -0.25) is 4.79 Å². The fraction of sp³-hybridized carbons (Fsp3) is 0.250. The van der Waals surface area contributed by atoms with Crippen LogP contribution in [0.4, 0.5) is 5.69 Å². The van der Waals surface area contributed by atoms with E-state index in [1.165, 1.54) is 0 Å². The van der Waals surface area contributed by atoms with Crippen molar-refractivity contribution in [2.75, 3.05) is 5.32 Å². The van der Waals surface area contributed by atoms with Crippen LogP contribution in [0.2, 0.25) is 0 Å². The van der Waals surface area contributed by atoms with Crippen LogP contribution in [0.3, 0.4) is 0 Å². The third-order valence-electron chi connectivity index (χ3n) is 1.92. The van der Waals surface area contributed by atoms with Crippen molar-refractivity contribution in [3.63, 3.8) is 0 Å². The van der Waals surface area contributed by atoms with Crippen LogP contribution in [0.15, 0.2) is 40.5 Å². The van der Waals surface area contributed by atoms with Gasteiger partial charge >= 0.3 is 0 Å². The minimum Gasteiger partial charge on any atom is -0.326 e. The lowest BCUT2D eigenvalue weighted by Gasteiger charge is -2.03. The molecule has 0 aromatic heterocycles. The average molecular weight is 315 g/mol. The lowest BCUT2D eigenvalue weighted by Crippen LogP contribution is -2.10. The van der Waals surface area contributed by atoms with Crippen molar-refractivity contribution >= 4 is 34.2 Å². The standard InChI is InChI=1S/C12H14INO/c13-10-6-2-5-9-12(15)14-11-7-3-1-4-8-11/h1,3-4,6-8,10H,2,5,9H2,(H,14,15)/b10-6-. The van der Waals surface area contributed by atoms with Gasteiger partial charge in [0.15, 0.2) is 0 Å². The maximum absolute atomic E-state index is 11.4. The molecule has 0 aliphatic carbocycles. The predicted molar refractivity (Wildman–Crippen MR) is 72.1 cm³/mol. The first-order valence-electron chi connectivity index (χ1n) is 4.93. The van der Waals surface area contributed by atoms with E-state index in [4.69, 9.17) is 0 Å². The van der Waals surface area contributed by atoms with Crippen LogP contribution in [0, 0.1) is 0 Å². The van der Waals surface area contributed by atoms with Gasteiger partial charge in [0.2, 0.25) is 5.91 Å². The van der Waals surface area contributed by atoms with Crippen LogP contribution in [-0.4, -0.2) is 5.91 Å². The molecule has 0 aliphatic rings. The number of hydrogen-bond donors (Lipinski definition) is 1. The Morgan fingerprint density at radius 1 is 1.33 bits per heavy atom. The van der Waals surface area contributed by atoms with Crippen LogP contribution in [-0.2, 0) is 4.79 Å². The predicted octanol–water partition coefficient (Wildman–Crippen LogP) is 3.74. The number of carbonyl (C=O) groups excluding carboxylic acids is 1. The zero-order valence-corrected chi connectivity index (χ0v) is 10.6. The highest BCUT2D eigenvalue weighted by Gasteiger charge is 1.99. The van der Waals surface area contributed by atoms with Crippen molar-refractivity contribution in [2.24, 2.45) is 0 Å². The van der Waals surface area contributed by atoms with Crippen molar-refractivity contribution < 1.29 is 4.79 Å². The summed E-state index contributed by atoms with van der Waals surface area (Å²) in [7, 11) is 0. The molecule has 0 saturated heterocycles. The zero-order valence-electron chi connectivity index (χ0n) is 8.45. The third-order valence-corrected chi connectivity index (χ3v) is 2.43. The number of nitrogens with one attached hydrogen (secondary N) is 1. The summed E-state index contributed by atoms with van der Waals surface area (Å²) in [6.45, 7) is 0. The van der Waals surface area contributed by atoms with E-state index in [-0.39, 0.29) is 5.91 Å². The van der Waals surface area contributed by atoms with Gasteiger partial charge in [0.1, 0.15) is 0 Å². The van der Waals surface area contributed by atoms with Gasteiger partial charge in [-0.2, -0.15) is 0 Å². The monoisotopic (exact) mass is 315 g/mol. The SMILES string of the molecule is O=C(CCC/C=C\I)Nc1ccccc1. The molecule has 0 fully saturated rings. The number of halogens is 1. The molecule has 3 heteroatoms. The van der Waals surface area contributed by atoms with Crippen molar-refractivity contribution in [1.29, 1.82) is 0 Å². The molecular formula is C12H14INO. The maximum Gasteiger partial charge on any atom is 0.224 e. The van der Waals surface area contributed by atoms with E-state index in [0.717, 1.165) is 18.5 Å². The summed E-state index contributed by atoms with van der Waals surface area (Å²) in [5.74, 6) is 0.0862. The van der Waals surface area contributed by atoms with E-state index in [0.29, 0.717) is 6.42 Å². The van der Waals surface area contributed by atoms with E-state index in [1.807, 2.05) is 34.4 Å². The Hall–Kier alpha value is -0.840. The Balaban J connectivity index is 2.25. The number of unbranched alkanes of at least 4 members (excludes halogenated alkanes) is 1. The van der Waals surface area contributed by atoms with Crippen LogP contribution in [0.5, 0.6) is 0 Å². The molecule has 0 aliphatic heterocycles. The molecule has 0 unspecified atom stereocenters. The largest absolute Gasteiger partial charge is 0.326 e. The second kappa shape index (κ2) is 7.45. The van der Waals surface area contributed by atoms with Gasteiger partial charge in [0, 0.05) is 12.1 Å². The Morgan fingerprint density at radius 3 is 2.73 bits per heavy atom. The van der Waals surface area contributed by atoms with Crippen LogP contribution < -0.4 is 5.32 Å². The Kier molecular flexibility index (Phi) is 6.08. The molecule has 1 aromatic carbocycles. The molecule has 0 bridgehead atoms. The minimum atomic E-state index is 0.0862. The van der Waals surface area contributed by atoms with Crippen molar-refractivity contribution in [1.82, 2.24) is 0 Å². The number of rotatable bonds is 5. The van der Waals surface area contributed by atoms with Gasteiger partial charge in [0.25, 0.3) is 0 Å². The molecule has 15 heavy (non-hydrogen) atoms. The molecule has 1 N–H and O–H groups in total. The summed E-state index contributed by atoms with van der Waals surface area (Å²) in [6, 6.07) is 9.54. The molecule has 0 atom stereocenters. The zero-order chi connectivity index (χ0) is 10.9. The summed E-state index contributed by atoms with van der Waals surface area (Å²) in [5.41, 5.74) is 0.868. The Labute approximate surface area is 104 Å². The van der Waals surface area contributed by atoms with Gasteiger partial charge < -0.3 is 5.32 Å². The molecule has 1 amide bonds. The number of hydrogen-bond acceptors (Lipinski definition) is 1. The summed E-state index contributed by atoms with van der Waals surface area (Å²) < 4.78 is 1.98. The highest BCUT2D eigenvalue weighted by molar-refractivity contribution is 14.1. The molecular weight excluding hydrogens is 301 g/mol. The average Bonchev–Trinajstić information content (AvgIpc) is 2.26. The maximum atomic E-state index is 11.4. The second-order valence-electron chi connectivity index (χ2n) is 3.17. The van der Waals surface area contributed by atoms with E-state index in [9.17, 15) is 4.79 Å². The smallest absolute Gasteiger partial charge is 0.224 e. The first kappa shape index (κ1) is 12.2. The van der Waals surface area contributed by atoms with Crippen LogP contribution in [0.25, 0.3) is 0 Å². The van der Waals surface area contributed by atoms with Gasteiger partial charge in [-0.25, -0.2) is 0 Å². The van der Waals surface area contributed by atoms with Crippen LogP contribution >= 0.6 is 22.6 Å². The molecule has 0 saturated carbocycles. The van der Waals surface area contributed by atoms with Gasteiger partial charge in [-0.05, 0) is 29.1 Å². The normalized spacial score (nSPS) is 10.5. The van der Waals surface area contributed by atoms with E-state index < -0.39 is 0 Å². The van der Waals surface area contributed by atoms with E-state index >= 15 is 0 Å². The molecule has 2 nitrogen and oxygen atoms in total. The van der Waals surface area contributed by atoms with Gasteiger partial charge in [0.05, 0.1) is 0 Å². The third kappa shape index (κ3) is 5.57. The van der Waals surface area contributed by atoms with E-state index in [2.05, 4.69) is 34.0 Å². The molecule has 0 spiro atoms. The topological polar surface area (TPSA) is 29.1 Å². The number of anilines is 1. The summed E-state index contributed by atoms with van der Waals surface area (Å²) in [6.07, 6.45) is 4.51. The number of para-hydroxylation sites is 1. The Bertz CT molecular complexity index is 322. The highest BCUT2D eigenvalue weighted by Crippen LogP contribution is 2.07. The van der Waals surface area contributed by atoms with Crippen molar-refractivity contribution in [3.05, 3.63) is 40.5 Å². The molecule has 0 heterocycles. The Morgan fingerprint density at radius 2 is 2.07 bits per heavy atom. The fourth-order valence-electron chi connectivity index (χ4n) is 1.19. The van der Waals surface area contributed by atoms with Crippen molar-refractivity contribution in [3.8, 4) is 0 Å². The minimum absolute atomic E-state index is 0.0862. The number of benzene rings is 1. The van der Waals surface area contributed by atoms with Crippen molar-refractivity contribution in [2.45, 2.75) is 19.3 Å². The molecule has 1 rings (SSSR count). The quantitative estimate of drug-likeness (QED) is 0.651. The molecule has 1 aromatic rings. The first-order valence-corrected chi connectivity index (χ1v) is 6.17. The first-order chi connectivity index (χ1) is 7.33. The number of carbonyl (C=O) groups is 1. The number of amides is 1. The lowest BCUT2D eigenvalue weighted by atomic mass is 10.2. The summed E-state index contributed by atoms with van der Waals surface area (Å²) >= 11 is 2.18. The van der Waals surface area contributed by atoms with E-state index in [1.54, 1.807) is 0 Å². The fourth-order valence-corrected chi connectivity index (χ4v) is 1.55. The van der Waals surface area contributed by atoms with Crippen LogP contribution in [0.1, 0.15) is 19.3 Å². The number of allylic oxidation sites excluding steroid dienone is 1. The highest BCUT2D eigenvalue weighted by atomic mass is 127. The summed E-state index contributed by atoms with van der Waals surface area (Å²) in [5, 5.41) is 2.85.